The van der Waals surface area contributed by atoms with Gasteiger partial charge in [0.05, 0.1) is 13.2 Å². The molecule has 0 amide bonds. The number of aliphatic imine (C=N–C) groups is 1. The van der Waals surface area contributed by atoms with Crippen molar-refractivity contribution in [3.05, 3.63) is 65.0 Å². The molecule has 2 rings (SSSR count). The normalized spacial score (nSPS) is 12.3. The van der Waals surface area contributed by atoms with E-state index in [0.717, 1.165) is 16.9 Å². The highest BCUT2D eigenvalue weighted by molar-refractivity contribution is 14.0. The topological polar surface area (TPSA) is 48.9 Å². The van der Waals surface area contributed by atoms with Gasteiger partial charge in [-0.1, -0.05) is 30.3 Å². The number of hydrogen-bond acceptors (Lipinski definition) is 3. The van der Waals surface area contributed by atoms with Crippen LogP contribution < -0.4 is 15.4 Å². The second-order valence-corrected chi connectivity index (χ2v) is 6.61. The molecule has 1 unspecified atom stereocenters. The molecule has 0 aliphatic rings. The first-order chi connectivity index (χ1) is 13.0. The van der Waals surface area contributed by atoms with Crippen molar-refractivity contribution in [2.24, 2.45) is 4.99 Å². The number of guanidine groups is 1. The summed E-state index contributed by atoms with van der Waals surface area (Å²) in [6, 6.07) is 13.2. The molecular weight excluding hydrogens is 470 g/mol. The average molecular weight is 500 g/mol. The minimum Gasteiger partial charge on any atom is -0.496 e. The zero-order valence-corrected chi connectivity index (χ0v) is 19.5. The van der Waals surface area contributed by atoms with Crippen molar-refractivity contribution in [1.29, 1.82) is 0 Å². The lowest BCUT2D eigenvalue weighted by molar-refractivity contribution is 0.287. The third kappa shape index (κ3) is 6.63. The first-order valence-electron chi connectivity index (χ1n) is 8.95. The summed E-state index contributed by atoms with van der Waals surface area (Å²) in [7, 11) is 7.50. The summed E-state index contributed by atoms with van der Waals surface area (Å²) in [5.74, 6) is 1.37. The van der Waals surface area contributed by atoms with Gasteiger partial charge in [-0.05, 0) is 44.3 Å². The van der Waals surface area contributed by atoms with Gasteiger partial charge in [0.15, 0.2) is 5.96 Å². The third-order valence-electron chi connectivity index (χ3n) is 4.49. The number of nitrogens with one attached hydrogen (secondary N) is 2. The molecule has 154 valence electrons. The fourth-order valence-corrected chi connectivity index (χ4v) is 2.93. The number of ether oxygens (including phenoxy) is 1. The Labute approximate surface area is 184 Å². The second kappa shape index (κ2) is 11.9. The number of halogens is 2. The predicted molar refractivity (Wildman–Crippen MR) is 124 cm³/mol. The maximum atomic E-state index is 13.4. The summed E-state index contributed by atoms with van der Waals surface area (Å²) in [6.45, 7) is 3.00. The largest absolute Gasteiger partial charge is 0.496 e. The number of hydrogen-bond donors (Lipinski definition) is 2. The van der Waals surface area contributed by atoms with Gasteiger partial charge in [-0.2, -0.15) is 0 Å². The molecule has 1 atom stereocenters. The van der Waals surface area contributed by atoms with Crippen LogP contribution in [0.5, 0.6) is 5.75 Å². The van der Waals surface area contributed by atoms with E-state index in [1.165, 1.54) is 6.07 Å². The van der Waals surface area contributed by atoms with E-state index in [-0.39, 0.29) is 35.8 Å². The molecule has 0 aromatic heterocycles. The molecule has 5 nitrogen and oxygen atoms in total. The van der Waals surface area contributed by atoms with Crippen LogP contribution in [0.25, 0.3) is 0 Å². The number of rotatable bonds is 7. The van der Waals surface area contributed by atoms with E-state index in [9.17, 15) is 4.39 Å². The number of para-hydroxylation sites is 1. The molecule has 28 heavy (non-hydrogen) atoms. The lowest BCUT2D eigenvalue weighted by atomic mass is 10.0. The van der Waals surface area contributed by atoms with Crippen LogP contribution in [-0.4, -0.2) is 45.7 Å². The molecule has 0 saturated heterocycles. The Bertz CT molecular complexity index is 783. The quantitative estimate of drug-likeness (QED) is 0.346. The van der Waals surface area contributed by atoms with Gasteiger partial charge in [0.25, 0.3) is 0 Å². The van der Waals surface area contributed by atoms with Gasteiger partial charge < -0.3 is 20.3 Å². The van der Waals surface area contributed by atoms with Crippen molar-refractivity contribution < 1.29 is 9.13 Å². The van der Waals surface area contributed by atoms with Crippen LogP contribution in [0.2, 0.25) is 0 Å². The van der Waals surface area contributed by atoms with Crippen LogP contribution in [-0.2, 0) is 6.54 Å². The van der Waals surface area contributed by atoms with Crippen molar-refractivity contribution in [3.63, 3.8) is 0 Å². The maximum absolute atomic E-state index is 13.4. The zero-order valence-electron chi connectivity index (χ0n) is 17.1. The first-order valence-corrected chi connectivity index (χ1v) is 8.95. The van der Waals surface area contributed by atoms with Crippen LogP contribution in [0, 0.1) is 12.7 Å². The highest BCUT2D eigenvalue weighted by Crippen LogP contribution is 2.27. The molecular formula is C21H30FIN4O. The summed E-state index contributed by atoms with van der Waals surface area (Å²) in [4.78, 5) is 6.42. The molecule has 7 heteroatoms. The molecule has 0 saturated carbocycles. The van der Waals surface area contributed by atoms with Crippen LogP contribution in [0.4, 0.5) is 4.39 Å². The summed E-state index contributed by atoms with van der Waals surface area (Å²) >= 11 is 0. The lowest BCUT2D eigenvalue weighted by Crippen LogP contribution is -2.41. The smallest absolute Gasteiger partial charge is 0.191 e. The Morgan fingerprint density at radius 1 is 1.18 bits per heavy atom. The van der Waals surface area contributed by atoms with Gasteiger partial charge in [0.2, 0.25) is 0 Å². The first kappa shape index (κ1) is 24.2. The van der Waals surface area contributed by atoms with Crippen molar-refractivity contribution in [2.45, 2.75) is 19.5 Å². The van der Waals surface area contributed by atoms with E-state index in [4.69, 9.17) is 4.74 Å². The van der Waals surface area contributed by atoms with Crippen LogP contribution in [0.3, 0.4) is 0 Å². The predicted octanol–water partition coefficient (Wildman–Crippen LogP) is 3.73. The summed E-state index contributed by atoms with van der Waals surface area (Å²) in [5.41, 5.74) is 2.76. The van der Waals surface area contributed by atoms with Crippen LogP contribution >= 0.6 is 24.0 Å². The van der Waals surface area contributed by atoms with E-state index in [1.54, 1.807) is 27.1 Å². The number of aryl methyl sites for hydroxylation is 1. The zero-order chi connectivity index (χ0) is 19.8. The average Bonchev–Trinajstić information content (AvgIpc) is 2.67. The Balaban J connectivity index is 0.00000392. The SMILES string of the molecule is CN=C(NCc1ccc(F)c(C)c1)NCC(c1ccccc1OC)N(C)C.I. The maximum Gasteiger partial charge on any atom is 0.191 e. The number of likely N-dealkylation sites (N-methyl/N-ethyl adjacent to an activating group) is 1. The Morgan fingerprint density at radius 3 is 2.50 bits per heavy atom. The number of benzene rings is 2. The Morgan fingerprint density at radius 2 is 1.89 bits per heavy atom. The highest BCUT2D eigenvalue weighted by atomic mass is 127. The standard InChI is InChI=1S/C21H29FN4O.HI/c1-15-12-16(10-11-18(15)22)13-24-21(23-2)25-14-19(26(3)4)17-8-6-7-9-20(17)27-5;/h6-12,19H,13-14H2,1-5H3,(H2,23,24,25);1H. The summed E-state index contributed by atoms with van der Waals surface area (Å²) in [5, 5.41) is 6.64. The minimum absolute atomic E-state index is 0. The van der Waals surface area contributed by atoms with Gasteiger partial charge in [-0.15, -0.1) is 24.0 Å². The summed E-state index contributed by atoms with van der Waals surface area (Å²) in [6.07, 6.45) is 0. The van der Waals surface area contributed by atoms with E-state index in [1.807, 2.05) is 38.4 Å². The van der Waals surface area contributed by atoms with E-state index in [0.29, 0.717) is 24.6 Å². The minimum atomic E-state index is -0.188. The highest BCUT2D eigenvalue weighted by Gasteiger charge is 2.18. The summed E-state index contributed by atoms with van der Waals surface area (Å²) < 4.78 is 18.9. The molecule has 0 aliphatic carbocycles. The lowest BCUT2D eigenvalue weighted by Gasteiger charge is -2.27. The van der Waals surface area contributed by atoms with Gasteiger partial charge in [0, 0.05) is 25.7 Å². The molecule has 0 fully saturated rings. The number of methoxy groups -OCH3 is 1. The molecule has 0 spiro atoms. The van der Waals surface area contributed by atoms with Crippen molar-refractivity contribution in [3.8, 4) is 5.75 Å². The van der Waals surface area contributed by atoms with E-state index in [2.05, 4.69) is 26.6 Å². The molecule has 2 N–H and O–H groups in total. The van der Waals surface area contributed by atoms with Gasteiger partial charge in [0.1, 0.15) is 11.6 Å². The molecule has 2 aromatic rings. The second-order valence-electron chi connectivity index (χ2n) is 6.61. The Kier molecular flexibility index (Phi) is 10.2. The van der Waals surface area contributed by atoms with Gasteiger partial charge >= 0.3 is 0 Å². The van der Waals surface area contributed by atoms with Crippen molar-refractivity contribution >= 4 is 29.9 Å². The molecule has 0 aliphatic heterocycles. The third-order valence-corrected chi connectivity index (χ3v) is 4.49. The van der Waals surface area contributed by atoms with E-state index < -0.39 is 0 Å². The van der Waals surface area contributed by atoms with Crippen molar-refractivity contribution in [2.75, 3.05) is 34.8 Å². The monoisotopic (exact) mass is 500 g/mol. The Hall–Kier alpha value is -1.87. The van der Waals surface area contributed by atoms with Gasteiger partial charge in [-0.3, -0.25) is 4.99 Å². The molecule has 0 radical (unpaired) electrons. The van der Waals surface area contributed by atoms with Crippen molar-refractivity contribution in [1.82, 2.24) is 15.5 Å². The van der Waals surface area contributed by atoms with Crippen LogP contribution in [0.1, 0.15) is 22.7 Å². The van der Waals surface area contributed by atoms with E-state index >= 15 is 0 Å². The molecule has 0 heterocycles. The van der Waals surface area contributed by atoms with Gasteiger partial charge in [-0.25, -0.2) is 4.39 Å². The molecule has 2 aromatic carbocycles. The molecule has 0 bridgehead atoms. The fraction of sp³-hybridized carbons (Fsp3) is 0.381. The number of nitrogens with zero attached hydrogens (tertiary/aromatic N) is 2. The fourth-order valence-electron chi connectivity index (χ4n) is 2.93. The van der Waals surface area contributed by atoms with Crippen LogP contribution in [0.15, 0.2) is 47.5 Å².